The van der Waals surface area contributed by atoms with Crippen molar-refractivity contribution in [1.29, 1.82) is 0 Å². The van der Waals surface area contributed by atoms with E-state index in [2.05, 4.69) is 4.98 Å². The van der Waals surface area contributed by atoms with E-state index in [0.29, 0.717) is 22.7 Å². The van der Waals surface area contributed by atoms with Gasteiger partial charge < -0.3 is 4.74 Å². The molecule has 0 saturated heterocycles. The van der Waals surface area contributed by atoms with Gasteiger partial charge >= 0.3 is 6.01 Å². The van der Waals surface area contributed by atoms with Crippen LogP contribution in [0.4, 0.5) is 0 Å². The van der Waals surface area contributed by atoms with E-state index in [1.54, 1.807) is 6.20 Å². The zero-order valence-electron chi connectivity index (χ0n) is 16.3. The second kappa shape index (κ2) is 10.4. The highest BCUT2D eigenvalue weighted by Gasteiger charge is 2.13. The molecule has 0 saturated carbocycles. The van der Waals surface area contributed by atoms with Crippen LogP contribution in [0.3, 0.4) is 0 Å². The molecule has 0 aliphatic heterocycles. The Morgan fingerprint density at radius 1 is 0.742 bits per heavy atom. The van der Waals surface area contributed by atoms with Crippen LogP contribution in [0.25, 0.3) is 22.4 Å². The fraction of sp³-hybridized carbons (Fsp3) is 0.0833. The summed E-state index contributed by atoms with van der Waals surface area (Å²) in [6.07, 6.45) is 1.78. The van der Waals surface area contributed by atoms with E-state index in [4.69, 9.17) is 43.6 Å². The highest BCUT2D eigenvalue weighted by Crippen LogP contribution is 2.32. The van der Waals surface area contributed by atoms with Gasteiger partial charge in [0, 0.05) is 33.1 Å². The molecule has 0 bridgehead atoms. The fourth-order valence-corrected chi connectivity index (χ4v) is 3.99. The van der Waals surface area contributed by atoms with Gasteiger partial charge in [0.25, 0.3) is 0 Å². The molecule has 156 valence electrons. The van der Waals surface area contributed by atoms with Crippen molar-refractivity contribution in [2.75, 3.05) is 0 Å². The average molecular weight is 488 g/mol. The van der Waals surface area contributed by atoms with E-state index in [1.807, 2.05) is 72.8 Å². The zero-order valence-corrected chi connectivity index (χ0v) is 19.3. The van der Waals surface area contributed by atoms with Gasteiger partial charge in [0.1, 0.15) is 6.61 Å². The van der Waals surface area contributed by atoms with Crippen molar-refractivity contribution in [2.24, 2.45) is 0 Å². The van der Waals surface area contributed by atoms with E-state index >= 15 is 0 Å². The predicted molar refractivity (Wildman–Crippen MR) is 131 cm³/mol. The van der Waals surface area contributed by atoms with E-state index in [-0.39, 0.29) is 0 Å². The SMILES string of the molecule is ClSCc1ccc(-c2nc(OCc3ccc(Cl)cc3)ncc2-c2ccc(Cl)cc2)cc1. The highest BCUT2D eigenvalue weighted by atomic mass is 35.7. The molecule has 1 heterocycles. The molecular formula is C24H17Cl3N2OS. The number of rotatable bonds is 7. The zero-order chi connectivity index (χ0) is 21.6. The molecule has 1 aromatic heterocycles. The van der Waals surface area contributed by atoms with E-state index < -0.39 is 0 Å². The third-order valence-corrected chi connectivity index (χ3v) is 5.93. The average Bonchev–Trinajstić information content (AvgIpc) is 2.80. The third kappa shape index (κ3) is 5.72. The van der Waals surface area contributed by atoms with E-state index in [9.17, 15) is 0 Å². The normalized spacial score (nSPS) is 10.8. The number of hydrogen-bond donors (Lipinski definition) is 0. The lowest BCUT2D eigenvalue weighted by Gasteiger charge is -2.12. The molecule has 31 heavy (non-hydrogen) atoms. The van der Waals surface area contributed by atoms with Crippen molar-refractivity contribution in [3.63, 3.8) is 0 Å². The lowest BCUT2D eigenvalue weighted by atomic mass is 10.0. The van der Waals surface area contributed by atoms with Crippen molar-refractivity contribution < 1.29 is 4.74 Å². The number of halogens is 3. The number of aromatic nitrogens is 2. The summed E-state index contributed by atoms with van der Waals surface area (Å²) in [5.74, 6) is 0.741. The van der Waals surface area contributed by atoms with Crippen molar-refractivity contribution >= 4 is 44.9 Å². The van der Waals surface area contributed by atoms with Gasteiger partial charge in [-0.15, -0.1) is 0 Å². The molecule has 3 nitrogen and oxygen atoms in total. The summed E-state index contributed by atoms with van der Waals surface area (Å²) in [5, 5.41) is 1.36. The van der Waals surface area contributed by atoms with Crippen molar-refractivity contribution in [2.45, 2.75) is 12.4 Å². The molecule has 0 N–H and O–H groups in total. The Labute approximate surface area is 199 Å². The van der Waals surface area contributed by atoms with Gasteiger partial charge in [-0.3, -0.25) is 0 Å². The maximum absolute atomic E-state index is 6.07. The smallest absolute Gasteiger partial charge is 0.317 e. The van der Waals surface area contributed by atoms with Gasteiger partial charge in [-0.05, 0) is 51.6 Å². The van der Waals surface area contributed by atoms with Crippen molar-refractivity contribution in [1.82, 2.24) is 9.97 Å². The van der Waals surface area contributed by atoms with E-state index in [1.165, 1.54) is 11.0 Å². The van der Waals surface area contributed by atoms with Crippen LogP contribution < -0.4 is 4.74 Å². The van der Waals surface area contributed by atoms with Crippen LogP contribution in [-0.2, 0) is 12.4 Å². The largest absolute Gasteiger partial charge is 0.459 e. The Balaban J connectivity index is 1.67. The fourth-order valence-electron chi connectivity index (χ4n) is 3.05. The minimum atomic E-state index is 0.308. The molecule has 0 unspecified atom stereocenters. The molecule has 0 atom stereocenters. The molecule has 0 fully saturated rings. The minimum Gasteiger partial charge on any atom is -0.459 e. The molecule has 7 heteroatoms. The van der Waals surface area contributed by atoms with Crippen molar-refractivity contribution in [3.05, 3.63) is 100 Å². The van der Waals surface area contributed by atoms with Crippen LogP contribution in [0.2, 0.25) is 10.0 Å². The summed E-state index contributed by atoms with van der Waals surface area (Å²) >= 11 is 12.0. The Morgan fingerprint density at radius 2 is 1.32 bits per heavy atom. The Hall–Kier alpha value is -2.24. The van der Waals surface area contributed by atoms with Crippen LogP contribution in [-0.4, -0.2) is 9.97 Å². The van der Waals surface area contributed by atoms with Gasteiger partial charge in [-0.2, -0.15) is 4.98 Å². The second-order valence-corrected chi connectivity index (χ2v) is 8.82. The second-order valence-electron chi connectivity index (χ2n) is 6.79. The first-order valence-electron chi connectivity index (χ1n) is 9.45. The molecule has 3 aromatic carbocycles. The summed E-state index contributed by atoms with van der Waals surface area (Å²) in [5.41, 5.74) is 5.75. The summed E-state index contributed by atoms with van der Waals surface area (Å²) in [6.45, 7) is 0.350. The molecule has 0 aliphatic carbocycles. The van der Waals surface area contributed by atoms with Gasteiger partial charge in [-0.25, -0.2) is 4.98 Å². The summed E-state index contributed by atoms with van der Waals surface area (Å²) in [6, 6.07) is 23.6. The molecule has 4 rings (SSSR count). The number of nitrogens with zero attached hydrogens (tertiary/aromatic N) is 2. The molecule has 4 aromatic rings. The van der Waals surface area contributed by atoms with Crippen LogP contribution in [0.1, 0.15) is 11.1 Å². The minimum absolute atomic E-state index is 0.308. The standard InChI is InChI=1S/C24H17Cl3N2OS/c25-20-9-3-16(4-10-20)14-30-24-28-13-22(18-7-11-21(26)12-8-18)23(29-24)19-5-1-17(2-6-19)15-31-27/h1-13H,14-15H2. The van der Waals surface area contributed by atoms with Gasteiger partial charge in [0.05, 0.1) is 5.69 Å². The van der Waals surface area contributed by atoms with Crippen LogP contribution in [0.15, 0.2) is 79.0 Å². The van der Waals surface area contributed by atoms with Crippen LogP contribution in [0, 0.1) is 0 Å². The predicted octanol–water partition coefficient (Wildman–Crippen LogP) is 8.08. The van der Waals surface area contributed by atoms with Crippen LogP contribution >= 0.6 is 44.9 Å². The molecule has 0 amide bonds. The topological polar surface area (TPSA) is 35.0 Å². The van der Waals surface area contributed by atoms with Gasteiger partial charge in [-0.1, -0.05) is 82.7 Å². The van der Waals surface area contributed by atoms with E-state index in [0.717, 1.165) is 39.3 Å². The maximum Gasteiger partial charge on any atom is 0.317 e. The number of benzene rings is 3. The Kier molecular flexibility index (Phi) is 7.36. The third-order valence-electron chi connectivity index (χ3n) is 4.65. The van der Waals surface area contributed by atoms with Gasteiger partial charge in [0.2, 0.25) is 0 Å². The summed E-state index contributed by atoms with van der Waals surface area (Å²) in [7, 11) is 7.06. The Bertz CT molecular complexity index is 1150. The first-order valence-corrected chi connectivity index (χ1v) is 12.0. The molecule has 0 aliphatic rings. The van der Waals surface area contributed by atoms with Gasteiger partial charge in [0.15, 0.2) is 0 Å². The Morgan fingerprint density at radius 3 is 1.97 bits per heavy atom. The number of ether oxygens (including phenoxy) is 1. The lowest BCUT2D eigenvalue weighted by molar-refractivity contribution is 0.281. The van der Waals surface area contributed by atoms with Crippen molar-refractivity contribution in [3.8, 4) is 28.4 Å². The first kappa shape index (κ1) is 22.0. The molecule has 0 radical (unpaired) electrons. The molecule has 0 spiro atoms. The summed E-state index contributed by atoms with van der Waals surface area (Å²) < 4.78 is 5.86. The maximum atomic E-state index is 6.07. The van der Waals surface area contributed by atoms with Crippen LogP contribution in [0.5, 0.6) is 6.01 Å². The lowest BCUT2D eigenvalue weighted by Crippen LogP contribution is -2.01. The highest BCUT2D eigenvalue weighted by molar-refractivity contribution is 8.20. The monoisotopic (exact) mass is 486 g/mol. The quantitative estimate of drug-likeness (QED) is 0.264. The summed E-state index contributed by atoms with van der Waals surface area (Å²) in [4.78, 5) is 9.16. The molecular weight excluding hydrogens is 471 g/mol. The first-order chi connectivity index (χ1) is 15.1. The number of hydrogen-bond acceptors (Lipinski definition) is 4.